The van der Waals surface area contributed by atoms with E-state index in [4.69, 9.17) is 0 Å². The number of benzene rings is 1. The van der Waals surface area contributed by atoms with Crippen LogP contribution in [-0.2, 0) is 13.6 Å². The maximum Gasteiger partial charge on any atom is 0.336 e. The summed E-state index contributed by atoms with van der Waals surface area (Å²) in [5, 5.41) is 16.1. The average Bonchev–Trinajstić information content (AvgIpc) is 2.83. The third-order valence-corrected chi connectivity index (χ3v) is 3.27. The predicted molar refractivity (Wildman–Crippen MR) is 77.3 cm³/mol. The highest BCUT2D eigenvalue weighted by Gasteiger charge is 2.21. The molecule has 0 fully saturated rings. The SMILES string of the molecule is Cc1ccc(C)c(C(=O)NCc2cnn(C)c2)c1C(=O)O. The molecule has 2 aromatic rings. The summed E-state index contributed by atoms with van der Waals surface area (Å²) in [5.41, 5.74) is 2.33. The Balaban J connectivity index is 2.26. The minimum Gasteiger partial charge on any atom is -0.478 e. The van der Waals surface area contributed by atoms with E-state index in [-0.39, 0.29) is 11.1 Å². The van der Waals surface area contributed by atoms with E-state index in [1.807, 2.05) is 0 Å². The number of hydrogen-bond donors (Lipinski definition) is 2. The summed E-state index contributed by atoms with van der Waals surface area (Å²) in [7, 11) is 1.79. The van der Waals surface area contributed by atoms with Gasteiger partial charge in [0.05, 0.1) is 17.3 Å². The fraction of sp³-hybridized carbons (Fsp3) is 0.267. The van der Waals surface area contributed by atoms with E-state index < -0.39 is 11.9 Å². The van der Waals surface area contributed by atoms with Crippen molar-refractivity contribution in [3.8, 4) is 0 Å². The van der Waals surface area contributed by atoms with Crippen molar-refractivity contribution in [2.45, 2.75) is 20.4 Å². The first kappa shape index (κ1) is 14.8. The second-order valence-electron chi connectivity index (χ2n) is 4.96. The highest BCUT2D eigenvalue weighted by atomic mass is 16.4. The molecule has 0 bridgehead atoms. The third-order valence-electron chi connectivity index (χ3n) is 3.27. The van der Waals surface area contributed by atoms with Crippen molar-refractivity contribution >= 4 is 11.9 Å². The molecule has 2 rings (SSSR count). The molecule has 1 heterocycles. The molecule has 0 unspecified atom stereocenters. The Morgan fingerprint density at radius 2 is 1.86 bits per heavy atom. The molecule has 0 aliphatic carbocycles. The van der Waals surface area contributed by atoms with Crippen molar-refractivity contribution in [1.82, 2.24) is 15.1 Å². The van der Waals surface area contributed by atoms with Gasteiger partial charge in [-0.05, 0) is 25.0 Å². The lowest BCUT2D eigenvalue weighted by Crippen LogP contribution is -2.26. The number of carbonyl (C=O) groups is 2. The summed E-state index contributed by atoms with van der Waals surface area (Å²) < 4.78 is 1.64. The van der Waals surface area contributed by atoms with Crippen molar-refractivity contribution in [3.05, 3.63) is 52.3 Å². The van der Waals surface area contributed by atoms with Crippen LogP contribution in [0, 0.1) is 13.8 Å². The molecular weight excluding hydrogens is 270 g/mol. The number of aromatic nitrogens is 2. The fourth-order valence-electron chi connectivity index (χ4n) is 2.21. The average molecular weight is 287 g/mol. The first-order valence-electron chi connectivity index (χ1n) is 6.49. The first-order valence-corrected chi connectivity index (χ1v) is 6.49. The quantitative estimate of drug-likeness (QED) is 0.895. The third kappa shape index (κ3) is 3.10. The van der Waals surface area contributed by atoms with Crippen LogP contribution in [0.2, 0.25) is 0 Å². The Kier molecular flexibility index (Phi) is 4.07. The zero-order valence-electron chi connectivity index (χ0n) is 12.2. The van der Waals surface area contributed by atoms with Gasteiger partial charge < -0.3 is 10.4 Å². The lowest BCUT2D eigenvalue weighted by atomic mass is 9.96. The first-order chi connectivity index (χ1) is 9.90. The molecule has 2 N–H and O–H groups in total. The molecule has 0 aliphatic heterocycles. The van der Waals surface area contributed by atoms with Gasteiger partial charge in [-0.2, -0.15) is 5.10 Å². The summed E-state index contributed by atoms with van der Waals surface area (Å²) in [6.45, 7) is 3.71. The number of carboxylic acid groups (broad SMARTS) is 1. The zero-order chi connectivity index (χ0) is 15.6. The number of rotatable bonds is 4. The Morgan fingerprint density at radius 1 is 1.24 bits per heavy atom. The van der Waals surface area contributed by atoms with Crippen LogP contribution >= 0.6 is 0 Å². The molecule has 110 valence electrons. The van der Waals surface area contributed by atoms with Gasteiger partial charge in [-0.25, -0.2) is 4.79 Å². The molecule has 21 heavy (non-hydrogen) atoms. The van der Waals surface area contributed by atoms with Crippen LogP contribution in [0.25, 0.3) is 0 Å². The van der Waals surface area contributed by atoms with Crippen molar-refractivity contribution in [3.63, 3.8) is 0 Å². The van der Waals surface area contributed by atoms with Gasteiger partial charge in [0.2, 0.25) is 0 Å². The largest absolute Gasteiger partial charge is 0.478 e. The number of carbonyl (C=O) groups excluding carboxylic acids is 1. The van der Waals surface area contributed by atoms with E-state index in [2.05, 4.69) is 10.4 Å². The summed E-state index contributed by atoms with van der Waals surface area (Å²) in [6.07, 6.45) is 3.45. The molecule has 0 spiro atoms. The van der Waals surface area contributed by atoms with E-state index in [9.17, 15) is 14.7 Å². The van der Waals surface area contributed by atoms with Gasteiger partial charge in [-0.3, -0.25) is 9.48 Å². The van der Waals surface area contributed by atoms with E-state index >= 15 is 0 Å². The van der Waals surface area contributed by atoms with Gasteiger partial charge in [0.1, 0.15) is 0 Å². The molecule has 0 saturated heterocycles. The number of carboxylic acids is 1. The molecule has 6 heteroatoms. The van der Waals surface area contributed by atoms with Crippen LogP contribution < -0.4 is 5.32 Å². The second-order valence-corrected chi connectivity index (χ2v) is 4.96. The minimum atomic E-state index is -1.09. The van der Waals surface area contributed by atoms with Gasteiger partial charge in [-0.15, -0.1) is 0 Å². The zero-order valence-corrected chi connectivity index (χ0v) is 12.2. The summed E-state index contributed by atoms with van der Waals surface area (Å²) >= 11 is 0. The van der Waals surface area contributed by atoms with E-state index in [0.29, 0.717) is 17.7 Å². The smallest absolute Gasteiger partial charge is 0.336 e. The summed E-state index contributed by atoms with van der Waals surface area (Å²) in [6, 6.07) is 3.46. The van der Waals surface area contributed by atoms with Gasteiger partial charge in [0.25, 0.3) is 5.91 Å². The number of amides is 1. The van der Waals surface area contributed by atoms with Gasteiger partial charge in [0.15, 0.2) is 0 Å². The number of hydrogen-bond acceptors (Lipinski definition) is 3. The Labute approximate surface area is 122 Å². The maximum absolute atomic E-state index is 12.3. The van der Waals surface area contributed by atoms with Gasteiger partial charge in [0, 0.05) is 25.4 Å². The number of aromatic carboxylic acids is 1. The van der Waals surface area contributed by atoms with Crippen LogP contribution in [0.1, 0.15) is 37.4 Å². The minimum absolute atomic E-state index is 0.0543. The Hall–Kier alpha value is -2.63. The van der Waals surface area contributed by atoms with E-state index in [0.717, 1.165) is 5.56 Å². The van der Waals surface area contributed by atoms with Crippen LogP contribution in [-0.4, -0.2) is 26.8 Å². The Bertz CT molecular complexity index is 704. The topological polar surface area (TPSA) is 84.2 Å². The summed E-state index contributed by atoms with van der Waals surface area (Å²) in [4.78, 5) is 23.7. The normalized spacial score (nSPS) is 10.4. The lowest BCUT2D eigenvalue weighted by Gasteiger charge is -2.12. The van der Waals surface area contributed by atoms with Gasteiger partial charge >= 0.3 is 5.97 Å². The number of nitrogens with one attached hydrogen (secondary N) is 1. The molecule has 1 aromatic heterocycles. The molecule has 0 aliphatic rings. The van der Waals surface area contributed by atoms with Crippen molar-refractivity contribution in [2.24, 2.45) is 7.05 Å². The molecular formula is C15H17N3O3. The second kappa shape index (κ2) is 5.78. The molecule has 0 saturated carbocycles. The highest BCUT2D eigenvalue weighted by molar-refractivity contribution is 6.06. The van der Waals surface area contributed by atoms with E-state index in [1.165, 1.54) is 0 Å². The van der Waals surface area contributed by atoms with Crippen LogP contribution in [0.5, 0.6) is 0 Å². The van der Waals surface area contributed by atoms with Crippen molar-refractivity contribution < 1.29 is 14.7 Å². The van der Waals surface area contributed by atoms with E-state index in [1.54, 1.807) is 50.1 Å². The van der Waals surface area contributed by atoms with Crippen LogP contribution in [0.4, 0.5) is 0 Å². The molecule has 1 amide bonds. The summed E-state index contributed by atoms with van der Waals surface area (Å²) in [5.74, 6) is -1.49. The standard InChI is InChI=1S/C15H17N3O3/c1-9-4-5-10(2)13(15(20)21)12(9)14(19)16-6-11-7-17-18(3)8-11/h4-5,7-8H,6H2,1-3H3,(H,16,19)(H,20,21). The fourth-order valence-corrected chi connectivity index (χ4v) is 2.21. The molecule has 6 nitrogen and oxygen atoms in total. The van der Waals surface area contributed by atoms with Gasteiger partial charge in [-0.1, -0.05) is 12.1 Å². The van der Waals surface area contributed by atoms with Crippen LogP contribution in [0.15, 0.2) is 24.5 Å². The predicted octanol–water partition coefficient (Wildman–Crippen LogP) is 1.67. The maximum atomic E-state index is 12.3. The van der Waals surface area contributed by atoms with Crippen molar-refractivity contribution in [2.75, 3.05) is 0 Å². The monoisotopic (exact) mass is 287 g/mol. The molecule has 0 atom stereocenters. The molecule has 0 radical (unpaired) electrons. The number of aryl methyl sites for hydroxylation is 3. The van der Waals surface area contributed by atoms with Crippen molar-refractivity contribution in [1.29, 1.82) is 0 Å². The Morgan fingerprint density at radius 3 is 2.38 bits per heavy atom. The number of nitrogens with zero attached hydrogens (tertiary/aromatic N) is 2. The lowest BCUT2D eigenvalue weighted by molar-refractivity contribution is 0.0690. The highest BCUT2D eigenvalue weighted by Crippen LogP contribution is 2.19. The van der Waals surface area contributed by atoms with Crippen LogP contribution in [0.3, 0.4) is 0 Å². The molecule has 1 aromatic carbocycles.